The number of carbonyl (C=O) groups excluding carboxylic acids is 1. The van der Waals surface area contributed by atoms with Crippen LogP contribution in [0.2, 0.25) is 0 Å². The lowest BCUT2D eigenvalue weighted by atomic mass is 10.0. The Morgan fingerprint density at radius 3 is 1.75 bits per heavy atom. The van der Waals surface area contributed by atoms with Crippen molar-refractivity contribution in [2.24, 2.45) is 0 Å². The van der Waals surface area contributed by atoms with Gasteiger partial charge in [-0.1, -0.05) is 90.4 Å². The summed E-state index contributed by atoms with van der Waals surface area (Å²) in [4.78, 5) is 12.7. The third-order valence-corrected chi connectivity index (χ3v) is 8.87. The molecule has 7 heteroatoms. The van der Waals surface area contributed by atoms with Crippen molar-refractivity contribution in [1.29, 1.82) is 0 Å². The first kappa shape index (κ1) is 29.5. The average molecular weight is 504 g/mol. The third kappa shape index (κ3) is 11.5. The van der Waals surface area contributed by atoms with Crippen LogP contribution in [0.3, 0.4) is 0 Å². The number of rotatable bonds is 19. The maximum atomic E-state index is 12.3. The highest BCUT2D eigenvalue weighted by Gasteiger charge is 2.20. The third-order valence-electron chi connectivity index (χ3n) is 5.70. The van der Waals surface area contributed by atoms with E-state index in [1.807, 2.05) is 0 Å². The predicted octanol–water partition coefficient (Wildman–Crippen LogP) is 7.89. The van der Waals surface area contributed by atoms with Gasteiger partial charge in [0.15, 0.2) is 0 Å². The van der Waals surface area contributed by atoms with Crippen molar-refractivity contribution >= 4 is 38.6 Å². The van der Waals surface area contributed by atoms with Crippen LogP contribution in [-0.4, -0.2) is 37.8 Å². The smallest absolute Gasteiger partial charge is 0.253 e. The normalized spacial score (nSPS) is 11.9. The summed E-state index contributed by atoms with van der Waals surface area (Å²) in [6.07, 6.45) is 18.6. The fourth-order valence-corrected chi connectivity index (χ4v) is 5.82. The van der Waals surface area contributed by atoms with Gasteiger partial charge in [-0.15, -0.1) is 11.8 Å². The SMILES string of the molecule is CCCCCCCCCCCCCCCCSc1ccc(S(=O)(=O)N(C)C)cc1C(=O)Cl. The Balaban J connectivity index is 2.20. The molecule has 0 saturated carbocycles. The first-order chi connectivity index (χ1) is 15.3. The van der Waals surface area contributed by atoms with Crippen molar-refractivity contribution in [2.45, 2.75) is 107 Å². The van der Waals surface area contributed by atoms with Crippen LogP contribution in [0.5, 0.6) is 0 Å². The summed E-state index contributed by atoms with van der Waals surface area (Å²) in [6.45, 7) is 2.26. The number of hydrogen-bond donors (Lipinski definition) is 0. The number of halogens is 1. The van der Waals surface area contributed by atoms with Gasteiger partial charge in [0, 0.05) is 24.6 Å². The van der Waals surface area contributed by atoms with Gasteiger partial charge in [-0.3, -0.25) is 4.79 Å². The van der Waals surface area contributed by atoms with E-state index in [0.717, 1.165) is 21.4 Å². The molecule has 0 spiro atoms. The number of unbranched alkanes of at least 4 members (excludes halogenated alkanes) is 13. The summed E-state index contributed by atoms with van der Waals surface area (Å²) in [5, 5.41) is -0.621. The minimum Gasteiger partial charge on any atom is -0.276 e. The summed E-state index contributed by atoms with van der Waals surface area (Å²) in [6, 6.07) is 4.63. The van der Waals surface area contributed by atoms with Crippen LogP contribution in [0, 0.1) is 0 Å². The number of hydrogen-bond acceptors (Lipinski definition) is 4. The Morgan fingerprint density at radius 2 is 1.31 bits per heavy atom. The number of thioether (sulfide) groups is 1. The van der Waals surface area contributed by atoms with Crippen molar-refractivity contribution in [3.63, 3.8) is 0 Å². The van der Waals surface area contributed by atoms with E-state index in [1.54, 1.807) is 23.9 Å². The largest absolute Gasteiger partial charge is 0.276 e. The molecule has 32 heavy (non-hydrogen) atoms. The van der Waals surface area contributed by atoms with Crippen LogP contribution < -0.4 is 0 Å². The molecule has 0 amide bonds. The first-order valence-electron chi connectivity index (χ1n) is 12.2. The van der Waals surface area contributed by atoms with Crippen molar-refractivity contribution in [1.82, 2.24) is 4.31 Å². The van der Waals surface area contributed by atoms with Crippen molar-refractivity contribution in [2.75, 3.05) is 19.8 Å². The molecular weight excluding hydrogens is 462 g/mol. The number of nitrogens with zero attached hydrogens (tertiary/aromatic N) is 1. The Kier molecular flexibility index (Phi) is 15.6. The van der Waals surface area contributed by atoms with E-state index in [4.69, 9.17) is 11.6 Å². The highest BCUT2D eigenvalue weighted by atomic mass is 35.5. The molecule has 0 aliphatic heterocycles. The maximum absolute atomic E-state index is 12.3. The molecule has 0 N–H and O–H groups in total. The minimum atomic E-state index is -3.59. The Bertz CT molecular complexity index is 766. The molecule has 1 aromatic carbocycles. The summed E-state index contributed by atoms with van der Waals surface area (Å²) in [5.74, 6) is 0.898. The van der Waals surface area contributed by atoms with Crippen molar-refractivity contribution in [3.05, 3.63) is 23.8 Å². The predicted molar refractivity (Wildman–Crippen MR) is 139 cm³/mol. The molecule has 0 aliphatic carbocycles. The monoisotopic (exact) mass is 503 g/mol. The summed E-state index contributed by atoms with van der Waals surface area (Å²) < 4.78 is 25.7. The van der Waals surface area contributed by atoms with E-state index in [2.05, 4.69) is 6.92 Å². The molecule has 0 bridgehead atoms. The van der Waals surface area contributed by atoms with Gasteiger partial charge in [-0.2, -0.15) is 0 Å². The van der Waals surface area contributed by atoms with Gasteiger partial charge in [0.1, 0.15) is 0 Å². The van der Waals surface area contributed by atoms with E-state index < -0.39 is 15.3 Å². The molecule has 4 nitrogen and oxygen atoms in total. The van der Waals surface area contributed by atoms with Crippen LogP contribution in [0.15, 0.2) is 28.0 Å². The zero-order chi connectivity index (χ0) is 23.8. The van der Waals surface area contributed by atoms with Crippen molar-refractivity contribution < 1.29 is 13.2 Å². The Labute approximate surface area is 205 Å². The molecule has 0 radical (unpaired) electrons. The molecule has 1 rings (SSSR count). The van der Waals surface area contributed by atoms with Crippen LogP contribution in [-0.2, 0) is 10.0 Å². The lowest BCUT2D eigenvalue weighted by molar-refractivity contribution is 0.107. The van der Waals surface area contributed by atoms with Gasteiger partial charge in [0.2, 0.25) is 10.0 Å². The zero-order valence-corrected chi connectivity index (χ0v) is 22.6. The van der Waals surface area contributed by atoms with E-state index in [-0.39, 0.29) is 10.5 Å². The molecular formula is C25H42ClNO3S2. The zero-order valence-electron chi connectivity index (χ0n) is 20.2. The van der Waals surface area contributed by atoms with Gasteiger partial charge in [0.05, 0.1) is 4.90 Å². The Morgan fingerprint density at radius 1 is 0.844 bits per heavy atom. The second-order valence-electron chi connectivity index (χ2n) is 8.66. The van der Waals surface area contributed by atoms with Gasteiger partial charge in [-0.25, -0.2) is 12.7 Å². The van der Waals surface area contributed by atoms with E-state index >= 15 is 0 Å². The van der Waals surface area contributed by atoms with Gasteiger partial charge >= 0.3 is 0 Å². The Hall–Kier alpha value is -0.560. The topological polar surface area (TPSA) is 54.5 Å². The lowest BCUT2D eigenvalue weighted by Gasteiger charge is -2.13. The molecule has 0 aromatic heterocycles. The molecule has 184 valence electrons. The second-order valence-corrected chi connectivity index (χ2v) is 12.3. The highest BCUT2D eigenvalue weighted by Crippen LogP contribution is 2.28. The fraction of sp³-hybridized carbons (Fsp3) is 0.720. The lowest BCUT2D eigenvalue weighted by Crippen LogP contribution is -2.22. The summed E-state index contributed by atoms with van der Waals surface area (Å²) in [7, 11) is -0.651. The fourth-order valence-electron chi connectivity index (χ4n) is 3.64. The molecule has 0 saturated heterocycles. The number of sulfonamides is 1. The number of carbonyl (C=O) groups is 1. The minimum absolute atomic E-state index is 0.0901. The summed E-state index contributed by atoms with van der Waals surface area (Å²) in [5.41, 5.74) is 0.268. The highest BCUT2D eigenvalue weighted by molar-refractivity contribution is 7.99. The van der Waals surface area contributed by atoms with E-state index in [9.17, 15) is 13.2 Å². The maximum Gasteiger partial charge on any atom is 0.253 e. The van der Waals surface area contributed by atoms with Crippen LogP contribution >= 0.6 is 23.4 Å². The molecule has 0 fully saturated rings. The van der Waals surface area contributed by atoms with Gasteiger partial charge < -0.3 is 0 Å². The quantitative estimate of drug-likeness (QED) is 0.109. The molecule has 0 heterocycles. The molecule has 1 aromatic rings. The van der Waals surface area contributed by atoms with Gasteiger partial charge in [0.25, 0.3) is 5.24 Å². The summed E-state index contributed by atoms with van der Waals surface area (Å²) >= 11 is 7.29. The molecule has 0 aliphatic rings. The van der Waals surface area contributed by atoms with Crippen molar-refractivity contribution in [3.8, 4) is 0 Å². The second kappa shape index (κ2) is 17.0. The van der Waals surface area contributed by atoms with Crippen LogP contribution in [0.25, 0.3) is 0 Å². The first-order valence-corrected chi connectivity index (χ1v) is 15.0. The number of benzene rings is 1. The van der Waals surface area contributed by atoms with E-state index in [0.29, 0.717) is 0 Å². The van der Waals surface area contributed by atoms with Gasteiger partial charge in [-0.05, 0) is 42.0 Å². The van der Waals surface area contributed by atoms with Crippen LogP contribution in [0.1, 0.15) is 107 Å². The standard InChI is InChI=1S/C25H42ClNO3S2/c1-4-5-6-7-8-9-10-11-12-13-14-15-16-17-20-31-24-19-18-22(21-23(24)25(26)28)32(29,30)27(2)3/h18-19,21H,4-17,20H2,1-3H3. The molecule has 0 atom stereocenters. The average Bonchev–Trinajstić information content (AvgIpc) is 2.76. The van der Waals surface area contributed by atoms with E-state index in [1.165, 1.54) is 104 Å². The molecule has 0 unspecified atom stereocenters. The van der Waals surface area contributed by atoms with Crippen LogP contribution in [0.4, 0.5) is 0 Å².